The Hall–Kier alpha value is -2.96. The van der Waals surface area contributed by atoms with Gasteiger partial charge in [-0.15, -0.1) is 0 Å². The zero-order chi connectivity index (χ0) is 23.3. The molecule has 33 heavy (non-hydrogen) atoms. The van der Waals surface area contributed by atoms with E-state index in [4.69, 9.17) is 0 Å². The summed E-state index contributed by atoms with van der Waals surface area (Å²) in [7, 11) is -3.33. The largest absolute Gasteiger partial charge is 0.341 e. The molecule has 1 N–H and O–H groups in total. The third-order valence-corrected chi connectivity index (χ3v) is 7.94. The number of piperidine rings is 1. The minimum atomic E-state index is -3.33. The molecule has 0 aromatic heterocycles. The average molecular weight is 463 g/mol. The zero-order valence-electron chi connectivity index (χ0n) is 18.9. The van der Waals surface area contributed by atoms with Crippen molar-refractivity contribution in [2.75, 3.05) is 13.1 Å². The van der Waals surface area contributed by atoms with Crippen LogP contribution in [-0.4, -0.2) is 31.7 Å². The highest BCUT2D eigenvalue weighted by Gasteiger charge is 2.24. The zero-order valence-corrected chi connectivity index (χ0v) is 19.7. The van der Waals surface area contributed by atoms with Crippen molar-refractivity contribution in [3.8, 4) is 0 Å². The van der Waals surface area contributed by atoms with Gasteiger partial charge >= 0.3 is 0 Å². The van der Waals surface area contributed by atoms with E-state index in [9.17, 15) is 13.2 Å². The molecule has 0 radical (unpaired) electrons. The first-order chi connectivity index (χ1) is 15.9. The van der Waals surface area contributed by atoms with Crippen molar-refractivity contribution in [2.24, 2.45) is 0 Å². The highest BCUT2D eigenvalue weighted by Crippen LogP contribution is 2.23. The molecule has 1 amide bonds. The standard InChI is InChI=1S/C27H30N2O3S/c1-21-10-14-24(15-11-21)26(23-8-4-2-5-9-23)28-27(30)25-16-12-22(13-17-25)20-33(31,32)29-18-6-3-7-19-29/h2,4-5,8-17,26H,3,6-7,18-20H2,1H3,(H,28,30)/t26-/m1/s1. The van der Waals surface area contributed by atoms with E-state index in [0.29, 0.717) is 24.2 Å². The van der Waals surface area contributed by atoms with Crippen LogP contribution in [0.15, 0.2) is 78.9 Å². The monoisotopic (exact) mass is 462 g/mol. The predicted molar refractivity (Wildman–Crippen MR) is 131 cm³/mol. The van der Waals surface area contributed by atoms with E-state index in [1.165, 1.54) is 0 Å². The molecule has 5 nitrogen and oxygen atoms in total. The maximum absolute atomic E-state index is 13.1. The van der Waals surface area contributed by atoms with Crippen molar-refractivity contribution in [3.05, 3.63) is 107 Å². The van der Waals surface area contributed by atoms with Gasteiger partial charge in [0.05, 0.1) is 11.8 Å². The van der Waals surface area contributed by atoms with Crippen LogP contribution >= 0.6 is 0 Å². The number of carbonyl (C=O) groups excluding carboxylic acids is 1. The molecule has 172 valence electrons. The minimum absolute atomic E-state index is 0.0368. The normalized spacial score (nSPS) is 15.7. The van der Waals surface area contributed by atoms with E-state index < -0.39 is 10.0 Å². The molecule has 1 atom stereocenters. The number of carbonyl (C=O) groups is 1. The van der Waals surface area contributed by atoms with Gasteiger partial charge in [0.25, 0.3) is 5.91 Å². The number of hydrogen-bond donors (Lipinski definition) is 1. The van der Waals surface area contributed by atoms with E-state index >= 15 is 0 Å². The van der Waals surface area contributed by atoms with Gasteiger partial charge in [0, 0.05) is 18.7 Å². The van der Waals surface area contributed by atoms with Gasteiger partial charge in [0.1, 0.15) is 0 Å². The SMILES string of the molecule is Cc1ccc([C@H](NC(=O)c2ccc(CS(=O)(=O)N3CCCCC3)cc2)c2ccccc2)cc1. The van der Waals surface area contributed by atoms with E-state index in [0.717, 1.165) is 36.0 Å². The van der Waals surface area contributed by atoms with Gasteiger partial charge in [-0.3, -0.25) is 4.79 Å². The van der Waals surface area contributed by atoms with Gasteiger partial charge in [-0.05, 0) is 48.6 Å². The Morgan fingerprint density at radius 1 is 0.848 bits per heavy atom. The molecule has 1 aliphatic rings. The number of benzene rings is 3. The third-order valence-electron chi connectivity index (χ3n) is 6.09. The summed E-state index contributed by atoms with van der Waals surface area (Å²) in [5.41, 5.74) is 4.35. The second kappa shape index (κ2) is 10.3. The number of amides is 1. The maximum Gasteiger partial charge on any atom is 0.252 e. The lowest BCUT2D eigenvalue weighted by molar-refractivity contribution is 0.0943. The lowest BCUT2D eigenvalue weighted by atomic mass is 9.97. The fourth-order valence-corrected chi connectivity index (χ4v) is 5.79. The van der Waals surface area contributed by atoms with Crippen LogP contribution in [0.3, 0.4) is 0 Å². The van der Waals surface area contributed by atoms with Crippen LogP contribution in [0.2, 0.25) is 0 Å². The second-order valence-electron chi connectivity index (χ2n) is 8.64. The first-order valence-corrected chi connectivity index (χ1v) is 13.0. The van der Waals surface area contributed by atoms with Gasteiger partial charge in [-0.2, -0.15) is 0 Å². The molecule has 3 aromatic carbocycles. The quantitative estimate of drug-likeness (QED) is 0.547. The summed E-state index contributed by atoms with van der Waals surface area (Å²) >= 11 is 0. The van der Waals surface area contributed by atoms with E-state index in [1.807, 2.05) is 61.5 Å². The van der Waals surface area contributed by atoms with Crippen molar-refractivity contribution in [1.29, 1.82) is 0 Å². The van der Waals surface area contributed by atoms with Crippen LogP contribution in [-0.2, 0) is 15.8 Å². The molecule has 0 unspecified atom stereocenters. The predicted octanol–water partition coefficient (Wildman–Crippen LogP) is 4.83. The lowest BCUT2D eigenvalue weighted by Gasteiger charge is -2.25. The molecule has 1 fully saturated rings. The maximum atomic E-state index is 13.1. The van der Waals surface area contributed by atoms with Gasteiger partial charge < -0.3 is 5.32 Å². The summed E-state index contributed by atoms with van der Waals surface area (Å²) in [5, 5.41) is 3.14. The molecule has 0 bridgehead atoms. The molecule has 1 saturated heterocycles. The van der Waals surface area contributed by atoms with Crippen LogP contribution in [0.1, 0.15) is 57.9 Å². The number of nitrogens with zero attached hydrogens (tertiary/aromatic N) is 1. The van der Waals surface area contributed by atoms with Crippen molar-refractivity contribution in [2.45, 2.75) is 38.0 Å². The first-order valence-electron chi connectivity index (χ1n) is 11.4. The summed E-state index contributed by atoms with van der Waals surface area (Å²) in [4.78, 5) is 13.1. The fraction of sp³-hybridized carbons (Fsp3) is 0.296. The third kappa shape index (κ3) is 5.89. The Morgan fingerprint density at radius 3 is 2.09 bits per heavy atom. The van der Waals surface area contributed by atoms with Crippen molar-refractivity contribution >= 4 is 15.9 Å². The summed E-state index contributed by atoms with van der Waals surface area (Å²) in [6, 6.07) is 24.6. The van der Waals surface area contributed by atoms with Crippen LogP contribution < -0.4 is 5.32 Å². The van der Waals surface area contributed by atoms with E-state index in [2.05, 4.69) is 5.32 Å². The highest BCUT2D eigenvalue weighted by atomic mass is 32.2. The highest BCUT2D eigenvalue weighted by molar-refractivity contribution is 7.88. The van der Waals surface area contributed by atoms with Crippen LogP contribution in [0.25, 0.3) is 0 Å². The summed E-state index contributed by atoms with van der Waals surface area (Å²) < 4.78 is 27.0. The minimum Gasteiger partial charge on any atom is -0.341 e. The number of aryl methyl sites for hydroxylation is 1. The molecule has 4 rings (SSSR count). The number of sulfonamides is 1. The van der Waals surface area contributed by atoms with Gasteiger partial charge in [-0.25, -0.2) is 12.7 Å². The molecule has 3 aromatic rings. The Kier molecular flexibility index (Phi) is 7.26. The average Bonchev–Trinajstić information content (AvgIpc) is 2.84. The second-order valence-corrected chi connectivity index (χ2v) is 10.6. The number of nitrogens with one attached hydrogen (secondary N) is 1. The molecule has 0 saturated carbocycles. The molecular weight excluding hydrogens is 432 g/mol. The van der Waals surface area contributed by atoms with Crippen LogP contribution in [0.4, 0.5) is 0 Å². The molecule has 6 heteroatoms. The van der Waals surface area contributed by atoms with E-state index in [1.54, 1.807) is 28.6 Å². The Morgan fingerprint density at radius 2 is 1.45 bits per heavy atom. The summed E-state index contributed by atoms with van der Waals surface area (Å²) in [5.74, 6) is -0.236. The Labute approximate surface area is 196 Å². The Bertz CT molecular complexity index is 1170. The molecule has 0 aliphatic carbocycles. The van der Waals surface area contributed by atoms with Crippen LogP contribution in [0, 0.1) is 6.92 Å². The fourth-order valence-electron chi connectivity index (χ4n) is 4.18. The molecule has 1 heterocycles. The number of rotatable bonds is 7. The molecule has 0 spiro atoms. The molecular formula is C27H30N2O3S. The van der Waals surface area contributed by atoms with Gasteiger partial charge in [0.15, 0.2) is 0 Å². The summed E-state index contributed by atoms with van der Waals surface area (Å²) in [6.45, 7) is 3.23. The van der Waals surface area contributed by atoms with Crippen molar-refractivity contribution in [3.63, 3.8) is 0 Å². The smallest absolute Gasteiger partial charge is 0.252 e. The van der Waals surface area contributed by atoms with E-state index in [-0.39, 0.29) is 17.7 Å². The topological polar surface area (TPSA) is 66.5 Å². The lowest BCUT2D eigenvalue weighted by Crippen LogP contribution is -2.36. The summed E-state index contributed by atoms with van der Waals surface area (Å²) in [6.07, 6.45) is 2.92. The molecule has 1 aliphatic heterocycles. The first kappa shape index (κ1) is 23.2. The van der Waals surface area contributed by atoms with Crippen molar-refractivity contribution < 1.29 is 13.2 Å². The Balaban J connectivity index is 1.49. The van der Waals surface area contributed by atoms with Crippen molar-refractivity contribution in [1.82, 2.24) is 9.62 Å². The van der Waals surface area contributed by atoms with Gasteiger partial charge in [-0.1, -0.05) is 78.7 Å². The number of hydrogen-bond acceptors (Lipinski definition) is 3. The van der Waals surface area contributed by atoms with Gasteiger partial charge in [0.2, 0.25) is 10.0 Å². The van der Waals surface area contributed by atoms with Crippen LogP contribution in [0.5, 0.6) is 0 Å².